The van der Waals surface area contributed by atoms with Crippen molar-refractivity contribution in [1.82, 2.24) is 10.6 Å². The molecule has 2 heterocycles. The van der Waals surface area contributed by atoms with E-state index in [2.05, 4.69) is 10.6 Å². The molecule has 3 N–H and O–H groups in total. The van der Waals surface area contributed by atoms with E-state index in [-0.39, 0.29) is 0 Å². The van der Waals surface area contributed by atoms with Gasteiger partial charge in [-0.2, -0.15) is 0 Å². The van der Waals surface area contributed by atoms with Crippen LogP contribution in [0.4, 0.5) is 4.79 Å². The number of nitrogens with one attached hydrogen (secondary N) is 2. The number of amides is 2. The lowest BCUT2D eigenvalue weighted by atomic mass is 10.2. The number of urea groups is 1. The topological polar surface area (TPSA) is 78.4 Å². The second-order valence-corrected chi connectivity index (χ2v) is 6.60. The van der Waals surface area contributed by atoms with Gasteiger partial charge in [0.1, 0.15) is 0 Å². The highest BCUT2D eigenvalue weighted by Gasteiger charge is 2.22. The molecule has 1 atom stereocenters. The maximum absolute atomic E-state index is 11.7. The standard InChI is InChI=1S/C12H11ClN2O3S2/c13-9-4-3-7(20-9)6-14-12(18)15-10(11(16)17)8-2-1-5-19-8/h1-5,10H,6H2,(H,16,17)(H2,14,15,18). The van der Waals surface area contributed by atoms with Crippen LogP contribution >= 0.6 is 34.3 Å². The number of halogens is 1. The minimum Gasteiger partial charge on any atom is -0.479 e. The zero-order valence-corrected chi connectivity index (χ0v) is 12.5. The van der Waals surface area contributed by atoms with Crippen LogP contribution in [0.2, 0.25) is 4.34 Å². The molecule has 0 aliphatic heterocycles. The van der Waals surface area contributed by atoms with Crippen LogP contribution in [0, 0.1) is 0 Å². The second kappa shape index (κ2) is 6.74. The van der Waals surface area contributed by atoms with Crippen molar-refractivity contribution in [3.63, 3.8) is 0 Å². The third-order valence-electron chi connectivity index (χ3n) is 2.40. The van der Waals surface area contributed by atoms with Crippen LogP contribution < -0.4 is 10.6 Å². The molecule has 0 radical (unpaired) electrons. The van der Waals surface area contributed by atoms with E-state index in [1.54, 1.807) is 29.6 Å². The third kappa shape index (κ3) is 3.96. The molecule has 2 amide bonds. The summed E-state index contributed by atoms with van der Waals surface area (Å²) in [6.45, 7) is 0.306. The fourth-order valence-corrected chi connectivity index (χ4v) is 3.30. The number of aliphatic carboxylic acids is 1. The molecule has 5 nitrogen and oxygen atoms in total. The van der Waals surface area contributed by atoms with Crippen molar-refractivity contribution in [2.75, 3.05) is 0 Å². The monoisotopic (exact) mass is 330 g/mol. The summed E-state index contributed by atoms with van der Waals surface area (Å²) in [7, 11) is 0. The van der Waals surface area contributed by atoms with Crippen LogP contribution in [0.1, 0.15) is 15.8 Å². The normalized spacial score (nSPS) is 11.8. The number of carboxylic acids is 1. The van der Waals surface area contributed by atoms with Crippen molar-refractivity contribution in [2.45, 2.75) is 12.6 Å². The molecule has 2 rings (SSSR count). The van der Waals surface area contributed by atoms with Crippen molar-refractivity contribution in [3.05, 3.63) is 43.7 Å². The molecule has 0 saturated carbocycles. The highest BCUT2D eigenvalue weighted by Crippen LogP contribution is 2.21. The molecular weight excluding hydrogens is 320 g/mol. The second-order valence-electron chi connectivity index (χ2n) is 3.82. The van der Waals surface area contributed by atoms with E-state index >= 15 is 0 Å². The molecule has 0 aromatic carbocycles. The minimum absolute atomic E-state index is 0.306. The number of hydrogen-bond acceptors (Lipinski definition) is 4. The molecule has 0 spiro atoms. The SMILES string of the molecule is O=C(NCc1ccc(Cl)s1)NC(C(=O)O)c1cccs1. The van der Waals surface area contributed by atoms with Crippen molar-refractivity contribution in [1.29, 1.82) is 0 Å². The van der Waals surface area contributed by atoms with Crippen LogP contribution in [0.25, 0.3) is 0 Å². The lowest BCUT2D eigenvalue weighted by Gasteiger charge is -2.13. The van der Waals surface area contributed by atoms with Crippen LogP contribution in [0.3, 0.4) is 0 Å². The van der Waals surface area contributed by atoms with Gasteiger partial charge in [0.25, 0.3) is 0 Å². The first-order valence-electron chi connectivity index (χ1n) is 5.61. The Balaban J connectivity index is 1.90. The summed E-state index contributed by atoms with van der Waals surface area (Å²) >= 11 is 8.42. The fraction of sp³-hybridized carbons (Fsp3) is 0.167. The quantitative estimate of drug-likeness (QED) is 0.788. The van der Waals surface area contributed by atoms with Crippen molar-refractivity contribution in [2.24, 2.45) is 0 Å². The van der Waals surface area contributed by atoms with E-state index in [1.165, 1.54) is 22.7 Å². The van der Waals surface area contributed by atoms with E-state index in [0.717, 1.165) is 4.88 Å². The Morgan fingerprint density at radius 1 is 1.35 bits per heavy atom. The summed E-state index contributed by atoms with van der Waals surface area (Å²) in [5, 5.41) is 15.9. The summed E-state index contributed by atoms with van der Waals surface area (Å²) in [5.74, 6) is -1.10. The van der Waals surface area contributed by atoms with Crippen molar-refractivity contribution < 1.29 is 14.7 Å². The summed E-state index contributed by atoms with van der Waals surface area (Å²) in [4.78, 5) is 24.4. The number of thiophene rings is 2. The first kappa shape index (κ1) is 14.8. The maximum Gasteiger partial charge on any atom is 0.331 e. The van der Waals surface area contributed by atoms with Gasteiger partial charge >= 0.3 is 12.0 Å². The van der Waals surface area contributed by atoms with Crippen LogP contribution in [0.15, 0.2) is 29.6 Å². The van der Waals surface area contributed by atoms with Gasteiger partial charge in [-0.05, 0) is 23.6 Å². The molecule has 106 valence electrons. The summed E-state index contributed by atoms with van der Waals surface area (Å²) in [6.07, 6.45) is 0. The van der Waals surface area contributed by atoms with Crippen molar-refractivity contribution in [3.8, 4) is 0 Å². The predicted octanol–water partition coefficient (Wildman–Crippen LogP) is 3.09. The van der Waals surface area contributed by atoms with E-state index in [4.69, 9.17) is 16.7 Å². The number of hydrogen-bond donors (Lipinski definition) is 3. The highest BCUT2D eigenvalue weighted by molar-refractivity contribution is 7.16. The largest absolute Gasteiger partial charge is 0.479 e. The maximum atomic E-state index is 11.7. The van der Waals surface area contributed by atoms with Crippen LogP contribution in [-0.2, 0) is 11.3 Å². The number of rotatable bonds is 5. The van der Waals surface area contributed by atoms with Gasteiger partial charge in [0.05, 0.1) is 10.9 Å². The molecule has 0 fully saturated rings. The average molecular weight is 331 g/mol. The van der Waals surface area contributed by atoms with Gasteiger partial charge in [-0.3, -0.25) is 0 Å². The molecule has 2 aromatic heterocycles. The number of carboxylic acid groups (broad SMARTS) is 1. The Kier molecular flexibility index (Phi) is 4.99. The molecule has 0 bridgehead atoms. The van der Waals surface area contributed by atoms with Crippen LogP contribution in [-0.4, -0.2) is 17.1 Å². The lowest BCUT2D eigenvalue weighted by Crippen LogP contribution is -2.40. The van der Waals surface area contributed by atoms with Crippen LogP contribution in [0.5, 0.6) is 0 Å². The molecule has 1 unspecified atom stereocenters. The smallest absolute Gasteiger partial charge is 0.331 e. The van der Waals surface area contributed by atoms with Gasteiger partial charge in [-0.15, -0.1) is 22.7 Å². The van der Waals surface area contributed by atoms with Crippen molar-refractivity contribution >= 4 is 46.3 Å². The number of carbonyl (C=O) groups is 2. The Labute approximate surface area is 128 Å². The first-order chi connectivity index (χ1) is 9.56. The predicted molar refractivity (Wildman–Crippen MR) is 79.4 cm³/mol. The lowest BCUT2D eigenvalue weighted by molar-refractivity contribution is -0.139. The van der Waals surface area contributed by atoms with Gasteiger partial charge < -0.3 is 15.7 Å². The van der Waals surface area contributed by atoms with E-state index in [1.807, 2.05) is 0 Å². The van der Waals surface area contributed by atoms with Gasteiger partial charge in [-0.25, -0.2) is 9.59 Å². The van der Waals surface area contributed by atoms with E-state index in [9.17, 15) is 9.59 Å². The van der Waals surface area contributed by atoms with E-state index < -0.39 is 18.0 Å². The molecule has 2 aromatic rings. The molecule has 0 saturated heterocycles. The molecule has 20 heavy (non-hydrogen) atoms. The average Bonchev–Trinajstić information content (AvgIpc) is 3.04. The van der Waals surface area contributed by atoms with Gasteiger partial charge in [0.15, 0.2) is 6.04 Å². The Morgan fingerprint density at radius 2 is 2.15 bits per heavy atom. The molecule has 0 aliphatic rings. The molecule has 0 aliphatic carbocycles. The minimum atomic E-state index is -1.10. The zero-order chi connectivity index (χ0) is 14.5. The Bertz CT molecular complexity index is 598. The fourth-order valence-electron chi connectivity index (χ4n) is 1.51. The zero-order valence-electron chi connectivity index (χ0n) is 10.1. The Morgan fingerprint density at radius 3 is 2.70 bits per heavy atom. The third-order valence-corrected chi connectivity index (χ3v) is 4.57. The molecular formula is C12H11ClN2O3S2. The Hall–Kier alpha value is -1.57. The summed E-state index contributed by atoms with van der Waals surface area (Å²) in [5.41, 5.74) is 0. The summed E-state index contributed by atoms with van der Waals surface area (Å²) in [6, 6.07) is 5.39. The van der Waals surface area contributed by atoms with Gasteiger partial charge in [-0.1, -0.05) is 17.7 Å². The van der Waals surface area contributed by atoms with Gasteiger partial charge in [0, 0.05) is 9.75 Å². The highest BCUT2D eigenvalue weighted by atomic mass is 35.5. The first-order valence-corrected chi connectivity index (χ1v) is 7.68. The summed E-state index contributed by atoms with van der Waals surface area (Å²) < 4.78 is 0.643. The molecule has 8 heteroatoms. The van der Waals surface area contributed by atoms with Gasteiger partial charge in [0.2, 0.25) is 0 Å². The number of carbonyl (C=O) groups excluding carboxylic acids is 1. The van der Waals surface area contributed by atoms with E-state index in [0.29, 0.717) is 15.8 Å².